The Morgan fingerprint density at radius 3 is 3.00 bits per heavy atom. The Morgan fingerprint density at radius 2 is 2.38 bits per heavy atom. The molecular weight excluding hydrogens is 276 g/mol. The first-order valence-electron chi connectivity index (χ1n) is 4.36. The number of carbonyl (C=O) groups is 1. The molecule has 0 fully saturated rings. The van der Waals surface area contributed by atoms with Crippen molar-refractivity contribution in [2.45, 2.75) is 0 Å². The maximum atomic E-state index is 11.6. The molecule has 0 saturated heterocycles. The summed E-state index contributed by atoms with van der Waals surface area (Å²) in [6.07, 6.45) is 2.78. The minimum Gasteiger partial charge on any atom is -0.504 e. The van der Waals surface area contributed by atoms with Gasteiger partial charge in [0.1, 0.15) is 6.26 Å². The molecular formula is C10H7BrN2O3. The van der Waals surface area contributed by atoms with Crippen molar-refractivity contribution in [1.82, 2.24) is 4.98 Å². The van der Waals surface area contributed by atoms with Crippen LogP contribution in [0.25, 0.3) is 0 Å². The summed E-state index contributed by atoms with van der Waals surface area (Å²) in [5.74, 6) is -0.369. The van der Waals surface area contributed by atoms with Crippen LogP contribution in [-0.4, -0.2) is 16.0 Å². The van der Waals surface area contributed by atoms with E-state index in [0.717, 1.165) is 0 Å². The van der Waals surface area contributed by atoms with Crippen LogP contribution in [0.3, 0.4) is 0 Å². The second-order valence-corrected chi connectivity index (χ2v) is 3.75. The number of nitrogens with one attached hydrogen (secondary N) is 1. The first-order valence-corrected chi connectivity index (χ1v) is 5.15. The Labute approximate surface area is 99.2 Å². The highest BCUT2D eigenvalue weighted by atomic mass is 79.9. The van der Waals surface area contributed by atoms with Gasteiger partial charge in [0, 0.05) is 12.3 Å². The zero-order valence-corrected chi connectivity index (χ0v) is 9.56. The summed E-state index contributed by atoms with van der Waals surface area (Å²) in [5.41, 5.74) is 0.344. The minimum atomic E-state index is -0.400. The third-order valence-corrected chi connectivity index (χ3v) is 2.26. The summed E-state index contributed by atoms with van der Waals surface area (Å²) in [6.45, 7) is 0. The molecule has 2 heterocycles. The summed E-state index contributed by atoms with van der Waals surface area (Å²) in [6, 6.07) is 4.53. The third-order valence-electron chi connectivity index (χ3n) is 1.85. The number of nitrogens with zero attached hydrogens (tertiary/aromatic N) is 1. The van der Waals surface area contributed by atoms with Gasteiger partial charge in [-0.3, -0.25) is 4.79 Å². The van der Waals surface area contributed by atoms with Gasteiger partial charge in [-0.25, -0.2) is 4.98 Å². The van der Waals surface area contributed by atoms with E-state index in [0.29, 0.717) is 10.2 Å². The minimum absolute atomic E-state index is 0.0848. The molecule has 0 aliphatic rings. The highest BCUT2D eigenvalue weighted by Crippen LogP contribution is 2.20. The number of aromatic nitrogens is 1. The molecule has 2 aromatic heterocycles. The Morgan fingerprint density at radius 1 is 1.56 bits per heavy atom. The molecule has 82 valence electrons. The van der Waals surface area contributed by atoms with E-state index in [1.165, 1.54) is 24.6 Å². The molecule has 0 aromatic carbocycles. The summed E-state index contributed by atoms with van der Waals surface area (Å²) < 4.78 is 5.39. The lowest BCUT2D eigenvalue weighted by Gasteiger charge is -2.03. The SMILES string of the molecule is O=C(Nc1ncccc1O)c1coc(Br)c1. The van der Waals surface area contributed by atoms with E-state index in [1.54, 1.807) is 6.07 Å². The topological polar surface area (TPSA) is 75.4 Å². The van der Waals surface area contributed by atoms with Crippen molar-refractivity contribution >= 4 is 27.7 Å². The summed E-state index contributed by atoms with van der Waals surface area (Å²) in [4.78, 5) is 15.5. The molecule has 0 radical (unpaired) electrons. The molecule has 0 unspecified atom stereocenters. The molecule has 0 saturated carbocycles. The van der Waals surface area contributed by atoms with Gasteiger partial charge in [0.2, 0.25) is 0 Å². The molecule has 16 heavy (non-hydrogen) atoms. The van der Waals surface area contributed by atoms with E-state index in [1.807, 2.05) is 0 Å². The van der Waals surface area contributed by atoms with Crippen LogP contribution in [0.1, 0.15) is 10.4 Å². The smallest absolute Gasteiger partial charge is 0.260 e. The number of aromatic hydroxyl groups is 1. The zero-order valence-electron chi connectivity index (χ0n) is 7.98. The number of anilines is 1. The molecule has 0 bridgehead atoms. The van der Waals surface area contributed by atoms with Gasteiger partial charge in [0.15, 0.2) is 16.2 Å². The van der Waals surface area contributed by atoms with Crippen molar-refractivity contribution in [3.05, 3.63) is 40.9 Å². The molecule has 2 aromatic rings. The van der Waals surface area contributed by atoms with Gasteiger partial charge >= 0.3 is 0 Å². The number of hydrogen-bond donors (Lipinski definition) is 2. The van der Waals surface area contributed by atoms with E-state index in [9.17, 15) is 9.90 Å². The van der Waals surface area contributed by atoms with E-state index in [4.69, 9.17) is 4.42 Å². The monoisotopic (exact) mass is 282 g/mol. The molecule has 0 spiro atoms. The summed E-state index contributed by atoms with van der Waals surface area (Å²) >= 11 is 3.09. The number of carbonyl (C=O) groups excluding carboxylic acids is 1. The van der Waals surface area contributed by atoms with Gasteiger partial charge in [0.05, 0.1) is 5.56 Å². The maximum absolute atomic E-state index is 11.6. The van der Waals surface area contributed by atoms with Crippen molar-refractivity contribution in [3.8, 4) is 5.75 Å². The highest BCUT2D eigenvalue weighted by Gasteiger charge is 2.11. The van der Waals surface area contributed by atoms with Gasteiger partial charge in [-0.2, -0.15) is 0 Å². The number of rotatable bonds is 2. The average molecular weight is 283 g/mol. The van der Waals surface area contributed by atoms with E-state index in [2.05, 4.69) is 26.2 Å². The van der Waals surface area contributed by atoms with Crippen LogP contribution < -0.4 is 5.32 Å². The molecule has 0 aliphatic carbocycles. The highest BCUT2D eigenvalue weighted by molar-refractivity contribution is 9.10. The Kier molecular flexibility index (Phi) is 2.91. The van der Waals surface area contributed by atoms with Gasteiger partial charge in [-0.15, -0.1) is 0 Å². The second-order valence-electron chi connectivity index (χ2n) is 2.96. The molecule has 0 aliphatic heterocycles. The number of hydrogen-bond acceptors (Lipinski definition) is 4. The van der Waals surface area contributed by atoms with E-state index >= 15 is 0 Å². The summed E-state index contributed by atoms with van der Waals surface area (Å²) in [5, 5.41) is 11.9. The van der Waals surface area contributed by atoms with Crippen molar-refractivity contribution in [3.63, 3.8) is 0 Å². The summed E-state index contributed by atoms with van der Waals surface area (Å²) in [7, 11) is 0. The van der Waals surface area contributed by atoms with Crippen molar-refractivity contribution in [2.75, 3.05) is 5.32 Å². The quantitative estimate of drug-likeness (QED) is 0.887. The fourth-order valence-electron chi connectivity index (χ4n) is 1.10. The van der Waals surface area contributed by atoms with Crippen molar-refractivity contribution < 1.29 is 14.3 Å². The van der Waals surface area contributed by atoms with Crippen LogP contribution in [-0.2, 0) is 0 Å². The first kappa shape index (κ1) is 10.7. The molecule has 2 rings (SSSR count). The zero-order chi connectivity index (χ0) is 11.5. The molecule has 2 N–H and O–H groups in total. The second kappa shape index (κ2) is 4.36. The van der Waals surface area contributed by atoms with Crippen molar-refractivity contribution in [1.29, 1.82) is 0 Å². The van der Waals surface area contributed by atoms with Crippen LogP contribution in [0, 0.1) is 0 Å². The number of amides is 1. The van der Waals surface area contributed by atoms with Gasteiger partial charge in [-0.1, -0.05) is 0 Å². The third kappa shape index (κ3) is 2.22. The fraction of sp³-hybridized carbons (Fsp3) is 0. The predicted molar refractivity (Wildman–Crippen MR) is 60.3 cm³/mol. The van der Waals surface area contributed by atoms with Crippen LogP contribution >= 0.6 is 15.9 Å². The predicted octanol–water partition coefficient (Wildman–Crippen LogP) is 2.40. The molecule has 1 amide bonds. The maximum Gasteiger partial charge on any atom is 0.260 e. The lowest BCUT2D eigenvalue weighted by atomic mass is 10.3. The van der Waals surface area contributed by atoms with Gasteiger partial charge < -0.3 is 14.8 Å². The number of halogens is 1. The molecule has 6 heteroatoms. The first-order chi connectivity index (χ1) is 7.66. The van der Waals surface area contributed by atoms with Gasteiger partial charge in [0.25, 0.3) is 5.91 Å². The average Bonchev–Trinajstić information content (AvgIpc) is 2.68. The largest absolute Gasteiger partial charge is 0.504 e. The van der Waals surface area contributed by atoms with E-state index in [-0.39, 0.29) is 11.6 Å². The van der Waals surface area contributed by atoms with Crippen LogP contribution in [0.5, 0.6) is 5.75 Å². The number of furan rings is 1. The Hall–Kier alpha value is -1.82. The van der Waals surface area contributed by atoms with Crippen molar-refractivity contribution in [2.24, 2.45) is 0 Å². The Balaban J connectivity index is 2.17. The normalized spacial score (nSPS) is 10.1. The van der Waals surface area contributed by atoms with E-state index < -0.39 is 5.91 Å². The lowest BCUT2D eigenvalue weighted by Crippen LogP contribution is -2.11. The fourth-order valence-corrected chi connectivity index (χ4v) is 1.44. The molecule has 0 atom stereocenters. The number of pyridine rings is 1. The Bertz CT molecular complexity index is 524. The van der Waals surface area contributed by atoms with Crippen LogP contribution in [0.2, 0.25) is 0 Å². The van der Waals surface area contributed by atoms with Gasteiger partial charge in [-0.05, 0) is 28.1 Å². The van der Waals surface area contributed by atoms with Crippen LogP contribution in [0.15, 0.2) is 39.7 Å². The lowest BCUT2D eigenvalue weighted by molar-refractivity contribution is 0.102. The standard InChI is InChI=1S/C10H7BrN2O3/c11-8-4-6(5-16-8)10(15)13-9-7(14)2-1-3-12-9/h1-5,14H,(H,12,13,15). The molecule has 5 nitrogen and oxygen atoms in total. The van der Waals surface area contributed by atoms with Crippen LogP contribution in [0.4, 0.5) is 5.82 Å².